The van der Waals surface area contributed by atoms with E-state index in [1.807, 2.05) is 0 Å². The van der Waals surface area contributed by atoms with E-state index in [-0.39, 0.29) is 40.6 Å². The molecular weight excluding hydrogens is 481 g/mol. The first-order valence-corrected chi connectivity index (χ1v) is 10.4. The standard InChI is InChI=1S/C22H18ClF3N2O6/c1-32-15-7-4-11-17(18(15)33-2)21(31)34-20(11)28-14(6-8-16(28)29)19(30)27-13-9-10(22(24,25)26)3-5-12(13)23/h3-5,7,9,14,20H,6,8H2,1-2H3,(H,27,30). The minimum atomic E-state index is -4.64. The van der Waals surface area contributed by atoms with Crippen LogP contribution in [-0.2, 0) is 20.5 Å². The first-order valence-electron chi connectivity index (χ1n) is 10.0. The van der Waals surface area contributed by atoms with Crippen molar-refractivity contribution in [2.45, 2.75) is 31.3 Å². The number of hydrogen-bond donors (Lipinski definition) is 1. The van der Waals surface area contributed by atoms with Gasteiger partial charge in [-0.3, -0.25) is 14.5 Å². The summed E-state index contributed by atoms with van der Waals surface area (Å²) in [6.07, 6.45) is -5.81. The molecule has 2 atom stereocenters. The summed E-state index contributed by atoms with van der Waals surface area (Å²) in [5, 5.41) is 2.26. The summed E-state index contributed by atoms with van der Waals surface area (Å²) in [7, 11) is 2.74. The van der Waals surface area contributed by atoms with E-state index in [2.05, 4.69) is 5.32 Å². The number of hydrogen-bond acceptors (Lipinski definition) is 6. The van der Waals surface area contributed by atoms with Gasteiger partial charge in [0.15, 0.2) is 11.5 Å². The van der Waals surface area contributed by atoms with Gasteiger partial charge in [-0.15, -0.1) is 0 Å². The molecule has 0 aromatic heterocycles. The Hall–Kier alpha value is -3.47. The summed E-state index contributed by atoms with van der Waals surface area (Å²) in [6.45, 7) is 0. The van der Waals surface area contributed by atoms with Crippen LogP contribution in [0.1, 0.15) is 40.6 Å². The van der Waals surface area contributed by atoms with E-state index in [4.69, 9.17) is 25.8 Å². The molecule has 2 unspecified atom stereocenters. The maximum absolute atomic E-state index is 13.1. The molecule has 0 radical (unpaired) electrons. The monoisotopic (exact) mass is 498 g/mol. The van der Waals surface area contributed by atoms with Gasteiger partial charge in [0.2, 0.25) is 18.0 Å². The van der Waals surface area contributed by atoms with Crippen molar-refractivity contribution in [1.82, 2.24) is 4.90 Å². The number of rotatable bonds is 5. The number of likely N-dealkylation sites (tertiary alicyclic amines) is 1. The average molecular weight is 499 g/mol. The third kappa shape index (κ3) is 4.00. The van der Waals surface area contributed by atoms with E-state index in [0.717, 1.165) is 17.0 Å². The lowest BCUT2D eigenvalue weighted by molar-refractivity contribution is -0.144. The first-order chi connectivity index (χ1) is 16.1. The number of benzene rings is 2. The molecule has 0 aliphatic carbocycles. The number of halogens is 4. The fraction of sp³-hybridized carbons (Fsp3) is 0.318. The van der Waals surface area contributed by atoms with Crippen molar-refractivity contribution in [2.75, 3.05) is 19.5 Å². The maximum atomic E-state index is 13.1. The van der Waals surface area contributed by atoms with Crippen LogP contribution >= 0.6 is 11.6 Å². The molecule has 2 aliphatic rings. The number of cyclic esters (lactones) is 1. The number of ether oxygens (including phenoxy) is 3. The number of nitrogens with one attached hydrogen (secondary N) is 1. The summed E-state index contributed by atoms with van der Waals surface area (Å²) < 4.78 is 55.1. The SMILES string of the molecule is COc1ccc2c(c1OC)C(=O)OC2N1C(=O)CCC1C(=O)Nc1cc(C(F)(F)F)ccc1Cl. The number of alkyl halides is 3. The highest BCUT2D eigenvalue weighted by Gasteiger charge is 2.48. The second-order valence-electron chi connectivity index (χ2n) is 7.56. The summed E-state index contributed by atoms with van der Waals surface area (Å²) in [6, 6.07) is 4.46. The molecule has 4 rings (SSSR count). The van der Waals surface area contributed by atoms with E-state index in [1.165, 1.54) is 26.4 Å². The van der Waals surface area contributed by atoms with Crippen molar-refractivity contribution in [3.8, 4) is 11.5 Å². The molecule has 0 saturated carbocycles. The lowest BCUT2D eigenvalue weighted by atomic mass is 10.0. The van der Waals surface area contributed by atoms with Gasteiger partial charge in [-0.1, -0.05) is 11.6 Å². The molecule has 2 aromatic carbocycles. The van der Waals surface area contributed by atoms with Gasteiger partial charge >= 0.3 is 12.1 Å². The van der Waals surface area contributed by atoms with E-state index < -0.39 is 41.8 Å². The highest BCUT2D eigenvalue weighted by atomic mass is 35.5. The Bertz CT molecular complexity index is 1190. The Morgan fingerprint density at radius 1 is 1.18 bits per heavy atom. The van der Waals surface area contributed by atoms with Crippen molar-refractivity contribution in [3.63, 3.8) is 0 Å². The smallest absolute Gasteiger partial charge is 0.416 e. The van der Waals surface area contributed by atoms with Crippen molar-refractivity contribution in [1.29, 1.82) is 0 Å². The van der Waals surface area contributed by atoms with Crippen molar-refractivity contribution in [3.05, 3.63) is 52.0 Å². The Labute approximate surface area is 196 Å². The molecular formula is C22H18ClF3N2O6. The van der Waals surface area contributed by atoms with Gasteiger partial charge in [-0.05, 0) is 36.8 Å². The quantitative estimate of drug-likeness (QED) is 0.622. The summed E-state index contributed by atoms with van der Waals surface area (Å²) in [4.78, 5) is 39.4. The summed E-state index contributed by atoms with van der Waals surface area (Å²) in [5.74, 6) is -1.60. The van der Waals surface area contributed by atoms with Crippen LogP contribution in [0.5, 0.6) is 11.5 Å². The van der Waals surface area contributed by atoms with Crippen molar-refractivity contribution in [2.24, 2.45) is 0 Å². The molecule has 2 amide bonds. The Morgan fingerprint density at radius 3 is 2.56 bits per heavy atom. The molecule has 180 valence electrons. The van der Waals surface area contributed by atoms with E-state index in [9.17, 15) is 27.6 Å². The molecule has 2 aromatic rings. The second kappa shape index (κ2) is 8.71. The summed E-state index contributed by atoms with van der Waals surface area (Å²) in [5.41, 5.74) is -0.887. The molecule has 12 heteroatoms. The topological polar surface area (TPSA) is 94.2 Å². The van der Waals surface area contributed by atoms with Crippen LogP contribution in [0.3, 0.4) is 0 Å². The molecule has 34 heavy (non-hydrogen) atoms. The molecule has 1 N–H and O–H groups in total. The second-order valence-corrected chi connectivity index (χ2v) is 7.97. The van der Waals surface area contributed by atoms with Gasteiger partial charge < -0.3 is 19.5 Å². The summed E-state index contributed by atoms with van der Waals surface area (Å²) >= 11 is 5.98. The fourth-order valence-electron chi connectivity index (χ4n) is 4.06. The first kappa shape index (κ1) is 23.7. The minimum absolute atomic E-state index is 0.0227. The van der Waals surface area contributed by atoms with Crippen LogP contribution < -0.4 is 14.8 Å². The van der Waals surface area contributed by atoms with Gasteiger partial charge in [0.25, 0.3) is 0 Å². The number of fused-ring (bicyclic) bond motifs is 1. The van der Waals surface area contributed by atoms with Gasteiger partial charge in [-0.2, -0.15) is 13.2 Å². The molecule has 0 bridgehead atoms. The number of esters is 1. The molecule has 2 heterocycles. The Balaban J connectivity index is 1.65. The highest BCUT2D eigenvalue weighted by Crippen LogP contribution is 2.45. The van der Waals surface area contributed by atoms with Crippen LogP contribution in [0.25, 0.3) is 0 Å². The Morgan fingerprint density at radius 2 is 1.91 bits per heavy atom. The zero-order valence-corrected chi connectivity index (χ0v) is 18.6. The van der Waals surface area contributed by atoms with E-state index >= 15 is 0 Å². The number of anilines is 1. The number of methoxy groups -OCH3 is 2. The fourth-order valence-corrected chi connectivity index (χ4v) is 4.22. The molecule has 1 saturated heterocycles. The number of carbonyl (C=O) groups is 3. The molecule has 8 nitrogen and oxygen atoms in total. The molecule has 1 fully saturated rings. The van der Waals surface area contributed by atoms with Crippen LogP contribution in [0.2, 0.25) is 5.02 Å². The third-order valence-electron chi connectivity index (χ3n) is 5.63. The largest absolute Gasteiger partial charge is 0.493 e. The van der Waals surface area contributed by atoms with Gasteiger partial charge in [0.1, 0.15) is 11.6 Å². The number of amides is 2. The Kier molecular flexibility index (Phi) is 6.07. The lowest BCUT2D eigenvalue weighted by Gasteiger charge is -2.29. The predicted molar refractivity (Wildman–Crippen MR) is 113 cm³/mol. The lowest BCUT2D eigenvalue weighted by Crippen LogP contribution is -2.44. The zero-order chi connectivity index (χ0) is 24.8. The van der Waals surface area contributed by atoms with Crippen molar-refractivity contribution >= 4 is 35.1 Å². The van der Waals surface area contributed by atoms with E-state index in [1.54, 1.807) is 0 Å². The van der Waals surface area contributed by atoms with Crippen LogP contribution in [0.4, 0.5) is 18.9 Å². The zero-order valence-electron chi connectivity index (χ0n) is 17.9. The minimum Gasteiger partial charge on any atom is -0.493 e. The number of nitrogens with zero attached hydrogens (tertiary/aromatic N) is 1. The average Bonchev–Trinajstić information content (AvgIpc) is 3.33. The molecule has 0 spiro atoms. The van der Waals surface area contributed by atoms with Crippen LogP contribution in [0.15, 0.2) is 30.3 Å². The van der Waals surface area contributed by atoms with Crippen LogP contribution in [0, 0.1) is 0 Å². The van der Waals surface area contributed by atoms with Gasteiger partial charge in [0.05, 0.1) is 30.5 Å². The number of carbonyl (C=O) groups excluding carboxylic acids is 3. The molecule has 2 aliphatic heterocycles. The third-order valence-corrected chi connectivity index (χ3v) is 5.96. The van der Waals surface area contributed by atoms with Crippen LogP contribution in [-0.4, -0.2) is 42.9 Å². The van der Waals surface area contributed by atoms with Gasteiger partial charge in [-0.25, -0.2) is 4.79 Å². The predicted octanol–water partition coefficient (Wildman–Crippen LogP) is 4.17. The highest BCUT2D eigenvalue weighted by molar-refractivity contribution is 6.33. The maximum Gasteiger partial charge on any atom is 0.416 e. The van der Waals surface area contributed by atoms with Gasteiger partial charge in [0, 0.05) is 12.0 Å². The normalized spacial score (nSPS) is 19.6. The van der Waals surface area contributed by atoms with Crippen molar-refractivity contribution < 1.29 is 41.8 Å². The van der Waals surface area contributed by atoms with E-state index in [0.29, 0.717) is 11.6 Å².